The normalized spacial score (nSPS) is 14.7. The van der Waals surface area contributed by atoms with Crippen LogP contribution in [-0.4, -0.2) is 41.0 Å². The molecule has 4 aromatic rings. The number of piperazine rings is 1. The monoisotopic (exact) mass is 517 g/mol. The first kappa shape index (κ1) is 24.6. The Morgan fingerprint density at radius 1 is 0.833 bits per heavy atom. The van der Waals surface area contributed by atoms with E-state index >= 15 is 0 Å². The number of aromatic nitrogens is 2. The van der Waals surface area contributed by atoms with Gasteiger partial charge in [-0.2, -0.15) is 0 Å². The highest BCUT2D eigenvalue weighted by Crippen LogP contribution is 2.30. The number of nitrogen functional groups attached to an aromatic ring is 1. The van der Waals surface area contributed by atoms with E-state index in [1.807, 2.05) is 54.7 Å². The molecule has 0 aliphatic carbocycles. The second-order valence-electron chi connectivity index (χ2n) is 9.22. The van der Waals surface area contributed by atoms with Gasteiger partial charge in [0.25, 0.3) is 0 Å². The third kappa shape index (κ3) is 6.56. The Hall–Kier alpha value is -3.09. The van der Waals surface area contributed by atoms with Gasteiger partial charge >= 0.3 is 0 Å². The zero-order valence-electron chi connectivity index (χ0n) is 20.3. The van der Waals surface area contributed by atoms with Gasteiger partial charge in [0.15, 0.2) is 0 Å². The van der Waals surface area contributed by atoms with Gasteiger partial charge in [-0.3, -0.25) is 0 Å². The number of aryl methyl sites for hydroxylation is 1. The highest BCUT2D eigenvalue weighted by atomic mass is 35.5. The second-order valence-corrected chi connectivity index (χ2v) is 11.0. The van der Waals surface area contributed by atoms with Crippen LogP contribution in [0.5, 0.6) is 0 Å². The minimum absolute atomic E-state index is 0.448. The van der Waals surface area contributed by atoms with Crippen LogP contribution in [0.25, 0.3) is 0 Å². The number of halogens is 1. The van der Waals surface area contributed by atoms with Crippen molar-refractivity contribution in [2.24, 2.45) is 0 Å². The molecule has 1 saturated heterocycles. The number of anilines is 3. The lowest BCUT2D eigenvalue weighted by Gasteiger charge is -2.37. The zero-order valence-corrected chi connectivity index (χ0v) is 21.9. The minimum atomic E-state index is 0.448. The van der Waals surface area contributed by atoms with Gasteiger partial charge in [-0.1, -0.05) is 23.7 Å². The van der Waals surface area contributed by atoms with Gasteiger partial charge in [-0.25, -0.2) is 4.98 Å². The van der Waals surface area contributed by atoms with Gasteiger partial charge in [0.2, 0.25) is 0 Å². The van der Waals surface area contributed by atoms with Crippen molar-refractivity contribution < 1.29 is 0 Å². The van der Waals surface area contributed by atoms with Crippen LogP contribution >= 0.6 is 23.4 Å². The van der Waals surface area contributed by atoms with Gasteiger partial charge in [-0.05, 0) is 79.1 Å². The van der Waals surface area contributed by atoms with Gasteiger partial charge in [-0.15, -0.1) is 11.8 Å². The van der Waals surface area contributed by atoms with Crippen molar-refractivity contribution in [1.29, 1.82) is 0 Å². The Kier molecular flexibility index (Phi) is 8.04. The molecule has 1 unspecified atom stereocenters. The van der Waals surface area contributed by atoms with Crippen LogP contribution in [0.15, 0.2) is 96.4 Å². The summed E-state index contributed by atoms with van der Waals surface area (Å²) in [7, 11) is 0. The fourth-order valence-electron chi connectivity index (χ4n) is 4.63. The average Bonchev–Trinajstić information content (AvgIpc) is 3.42. The summed E-state index contributed by atoms with van der Waals surface area (Å²) >= 11 is 8.01. The van der Waals surface area contributed by atoms with Crippen LogP contribution in [0.1, 0.15) is 12.0 Å². The SMILES string of the molecule is Nc1ccc(N2CCN(c3ccc(SC(CCc4ccc(Cl)cc4)Cn4ccnc4)cc3)CC2)cc1. The molecule has 0 saturated carbocycles. The fourth-order valence-corrected chi connectivity index (χ4v) is 5.92. The number of nitrogens with two attached hydrogens (primary N) is 1. The molecular formula is C29H32ClN5S. The molecular weight excluding hydrogens is 486 g/mol. The van der Waals surface area contributed by atoms with E-state index in [0.29, 0.717) is 5.25 Å². The minimum Gasteiger partial charge on any atom is -0.399 e. The van der Waals surface area contributed by atoms with E-state index < -0.39 is 0 Å². The maximum Gasteiger partial charge on any atom is 0.0946 e. The van der Waals surface area contributed by atoms with Crippen molar-refractivity contribution >= 4 is 40.4 Å². The van der Waals surface area contributed by atoms with E-state index in [1.54, 1.807) is 0 Å². The number of rotatable bonds is 9. The van der Waals surface area contributed by atoms with Crippen LogP contribution in [0.4, 0.5) is 17.1 Å². The molecule has 1 aromatic heterocycles. The number of hydrogen-bond acceptors (Lipinski definition) is 5. The third-order valence-electron chi connectivity index (χ3n) is 6.68. The van der Waals surface area contributed by atoms with Crippen LogP contribution < -0.4 is 15.5 Å². The van der Waals surface area contributed by atoms with E-state index in [-0.39, 0.29) is 0 Å². The molecule has 0 bridgehead atoms. The first-order valence-electron chi connectivity index (χ1n) is 12.4. The van der Waals surface area contributed by atoms with Crippen molar-refractivity contribution in [3.63, 3.8) is 0 Å². The molecule has 36 heavy (non-hydrogen) atoms. The van der Waals surface area contributed by atoms with E-state index in [4.69, 9.17) is 17.3 Å². The molecule has 3 aromatic carbocycles. The van der Waals surface area contributed by atoms with Crippen molar-refractivity contribution in [1.82, 2.24) is 9.55 Å². The lowest BCUT2D eigenvalue weighted by Crippen LogP contribution is -2.46. The van der Waals surface area contributed by atoms with Gasteiger partial charge < -0.3 is 20.1 Å². The molecule has 2 N–H and O–H groups in total. The summed E-state index contributed by atoms with van der Waals surface area (Å²) in [5, 5.41) is 1.24. The van der Waals surface area contributed by atoms with E-state index in [2.05, 4.69) is 67.9 Å². The summed E-state index contributed by atoms with van der Waals surface area (Å²) in [5.74, 6) is 0. The molecule has 5 rings (SSSR count). The molecule has 1 aliphatic rings. The lowest BCUT2D eigenvalue weighted by atomic mass is 10.1. The Bertz CT molecular complexity index is 1200. The summed E-state index contributed by atoms with van der Waals surface area (Å²) in [6, 6.07) is 25.5. The van der Waals surface area contributed by atoms with Crippen LogP contribution in [0.2, 0.25) is 5.02 Å². The quantitative estimate of drug-likeness (QED) is 0.210. The predicted molar refractivity (Wildman–Crippen MR) is 153 cm³/mol. The summed E-state index contributed by atoms with van der Waals surface area (Å²) in [6.45, 7) is 4.99. The molecule has 1 atom stereocenters. The lowest BCUT2D eigenvalue weighted by molar-refractivity contribution is 0.624. The molecule has 186 valence electrons. The first-order chi connectivity index (χ1) is 17.6. The van der Waals surface area contributed by atoms with Crippen LogP contribution in [0, 0.1) is 0 Å². The third-order valence-corrected chi connectivity index (χ3v) is 8.20. The number of benzene rings is 3. The van der Waals surface area contributed by atoms with Crippen molar-refractivity contribution in [3.05, 3.63) is 102 Å². The molecule has 1 fully saturated rings. The number of imidazole rings is 1. The van der Waals surface area contributed by atoms with Gasteiger partial charge in [0, 0.05) is 77.3 Å². The van der Waals surface area contributed by atoms with E-state index in [0.717, 1.165) is 56.3 Å². The van der Waals surface area contributed by atoms with Crippen molar-refractivity contribution in [2.45, 2.75) is 29.5 Å². The Balaban J connectivity index is 1.18. The molecule has 0 spiro atoms. The first-order valence-corrected chi connectivity index (χ1v) is 13.7. The van der Waals surface area contributed by atoms with Crippen molar-refractivity contribution in [2.75, 3.05) is 41.7 Å². The Morgan fingerprint density at radius 2 is 1.44 bits per heavy atom. The topological polar surface area (TPSA) is 50.3 Å². The van der Waals surface area contributed by atoms with Gasteiger partial charge in [0.05, 0.1) is 6.33 Å². The number of nitrogens with zero attached hydrogens (tertiary/aromatic N) is 4. The molecule has 2 heterocycles. The Labute approximate surface area is 222 Å². The largest absolute Gasteiger partial charge is 0.399 e. The maximum absolute atomic E-state index is 6.06. The highest BCUT2D eigenvalue weighted by Gasteiger charge is 2.18. The fraction of sp³-hybridized carbons (Fsp3) is 0.276. The molecule has 7 heteroatoms. The molecule has 0 amide bonds. The van der Waals surface area contributed by atoms with E-state index in [1.165, 1.54) is 21.8 Å². The highest BCUT2D eigenvalue weighted by molar-refractivity contribution is 8.00. The van der Waals surface area contributed by atoms with Crippen LogP contribution in [-0.2, 0) is 13.0 Å². The summed E-state index contributed by atoms with van der Waals surface area (Å²) in [6.07, 6.45) is 7.91. The predicted octanol–water partition coefficient (Wildman–Crippen LogP) is 6.24. The number of thioether (sulfide) groups is 1. The van der Waals surface area contributed by atoms with Crippen molar-refractivity contribution in [3.8, 4) is 0 Å². The van der Waals surface area contributed by atoms with Gasteiger partial charge in [0.1, 0.15) is 0 Å². The van der Waals surface area contributed by atoms with Crippen LogP contribution in [0.3, 0.4) is 0 Å². The molecule has 0 radical (unpaired) electrons. The summed E-state index contributed by atoms with van der Waals surface area (Å²) < 4.78 is 2.18. The summed E-state index contributed by atoms with van der Waals surface area (Å²) in [4.78, 5) is 10.4. The summed E-state index contributed by atoms with van der Waals surface area (Å²) in [5.41, 5.74) is 10.5. The molecule has 5 nitrogen and oxygen atoms in total. The zero-order chi connectivity index (χ0) is 24.7. The second kappa shape index (κ2) is 11.8. The smallest absolute Gasteiger partial charge is 0.0946 e. The molecule has 1 aliphatic heterocycles. The average molecular weight is 518 g/mol. The maximum atomic E-state index is 6.06. The Morgan fingerprint density at radius 3 is 2.03 bits per heavy atom. The van der Waals surface area contributed by atoms with E-state index in [9.17, 15) is 0 Å². The number of hydrogen-bond donors (Lipinski definition) is 1. The standard InChI is InChI=1S/C29H32ClN5S/c30-24-4-1-23(2-5-24)3-12-29(21-33-16-15-32-22-33)36-28-13-10-27(11-14-28)35-19-17-34(18-20-35)26-8-6-25(31)7-9-26/h1-2,4-11,13-16,22,29H,3,12,17-21,31H2.